The second kappa shape index (κ2) is 9.26. The SMILES string of the molecule is C=CC(=O)OCCCCC(CC)C[Si](Cl)(Cl)Cl. The van der Waals surface area contributed by atoms with Crippen LogP contribution in [0.4, 0.5) is 0 Å². The first-order valence-corrected chi connectivity index (χ1v) is 11.0. The molecular formula is C11H19Cl3O2Si. The van der Waals surface area contributed by atoms with E-state index >= 15 is 0 Å². The van der Waals surface area contributed by atoms with E-state index < -0.39 is 6.00 Å². The predicted molar refractivity (Wildman–Crippen MR) is 76.9 cm³/mol. The summed E-state index contributed by atoms with van der Waals surface area (Å²) in [4.78, 5) is 10.8. The van der Waals surface area contributed by atoms with Gasteiger partial charge in [-0.25, -0.2) is 4.79 Å². The number of carbonyl (C=O) groups is 1. The van der Waals surface area contributed by atoms with Crippen LogP contribution in [0.25, 0.3) is 0 Å². The van der Waals surface area contributed by atoms with E-state index in [1.165, 1.54) is 6.08 Å². The zero-order chi connectivity index (χ0) is 13.3. The molecular weight excluding hydrogens is 299 g/mol. The standard InChI is InChI=1S/C11H19Cl3O2Si/c1-3-10(9-17(12,13)14)7-5-6-8-16-11(15)4-2/h4,10H,2-3,5-9H2,1H3. The molecule has 0 aromatic heterocycles. The van der Waals surface area contributed by atoms with Gasteiger partial charge in [-0.3, -0.25) is 0 Å². The smallest absolute Gasteiger partial charge is 0.341 e. The van der Waals surface area contributed by atoms with E-state index in [-0.39, 0.29) is 5.97 Å². The summed E-state index contributed by atoms with van der Waals surface area (Å²) in [6.07, 6.45) is 5.04. The van der Waals surface area contributed by atoms with Gasteiger partial charge in [0.05, 0.1) is 6.61 Å². The Kier molecular flexibility index (Phi) is 9.42. The van der Waals surface area contributed by atoms with Crippen molar-refractivity contribution in [3.05, 3.63) is 12.7 Å². The van der Waals surface area contributed by atoms with Crippen LogP contribution in [0.1, 0.15) is 32.6 Å². The van der Waals surface area contributed by atoms with E-state index in [1.54, 1.807) is 0 Å². The Morgan fingerprint density at radius 3 is 2.53 bits per heavy atom. The van der Waals surface area contributed by atoms with Crippen molar-refractivity contribution in [2.45, 2.75) is 38.7 Å². The fraction of sp³-hybridized carbons (Fsp3) is 0.727. The highest BCUT2D eigenvalue weighted by molar-refractivity contribution is 7.64. The summed E-state index contributed by atoms with van der Waals surface area (Å²) < 4.78 is 4.88. The average Bonchev–Trinajstić information content (AvgIpc) is 2.25. The third-order valence-electron chi connectivity index (χ3n) is 2.52. The van der Waals surface area contributed by atoms with E-state index in [0.29, 0.717) is 18.6 Å². The van der Waals surface area contributed by atoms with Crippen molar-refractivity contribution in [3.8, 4) is 0 Å². The van der Waals surface area contributed by atoms with Crippen LogP contribution in [0.15, 0.2) is 12.7 Å². The maximum atomic E-state index is 10.8. The number of halogens is 3. The molecule has 0 saturated heterocycles. The summed E-state index contributed by atoms with van der Waals surface area (Å²) in [5.41, 5.74) is 0. The highest BCUT2D eigenvalue weighted by Crippen LogP contribution is 2.32. The molecule has 100 valence electrons. The summed E-state index contributed by atoms with van der Waals surface area (Å²) in [5, 5.41) is 0. The molecule has 6 heteroatoms. The quantitative estimate of drug-likeness (QED) is 0.205. The number of ether oxygens (including phenoxy) is 1. The van der Waals surface area contributed by atoms with Crippen LogP contribution in [0.3, 0.4) is 0 Å². The van der Waals surface area contributed by atoms with Crippen LogP contribution in [0, 0.1) is 5.92 Å². The van der Waals surface area contributed by atoms with E-state index in [2.05, 4.69) is 13.5 Å². The lowest BCUT2D eigenvalue weighted by Gasteiger charge is -2.17. The van der Waals surface area contributed by atoms with Crippen molar-refractivity contribution in [1.29, 1.82) is 0 Å². The molecule has 0 radical (unpaired) electrons. The molecule has 0 spiro atoms. The van der Waals surface area contributed by atoms with Crippen molar-refractivity contribution < 1.29 is 9.53 Å². The monoisotopic (exact) mass is 316 g/mol. The van der Waals surface area contributed by atoms with Gasteiger partial charge in [-0.2, -0.15) is 0 Å². The first kappa shape index (κ1) is 17.3. The number of hydrogen-bond donors (Lipinski definition) is 0. The molecule has 0 aliphatic rings. The molecule has 0 aliphatic heterocycles. The molecule has 2 nitrogen and oxygen atoms in total. The fourth-order valence-electron chi connectivity index (χ4n) is 1.54. The van der Waals surface area contributed by atoms with Gasteiger partial charge >= 0.3 is 12.0 Å². The zero-order valence-corrected chi connectivity index (χ0v) is 13.3. The molecule has 0 bridgehead atoms. The zero-order valence-electron chi connectivity index (χ0n) is 10.1. The lowest BCUT2D eigenvalue weighted by molar-refractivity contribution is -0.137. The molecule has 0 aromatic carbocycles. The maximum Gasteiger partial charge on any atom is 0.341 e. The third-order valence-corrected chi connectivity index (χ3v) is 4.94. The van der Waals surface area contributed by atoms with Crippen LogP contribution < -0.4 is 0 Å². The predicted octanol–water partition coefficient (Wildman–Crippen LogP) is 4.57. The van der Waals surface area contributed by atoms with E-state index in [1.807, 2.05) is 0 Å². The Bertz CT molecular complexity index is 241. The van der Waals surface area contributed by atoms with Gasteiger partial charge < -0.3 is 4.74 Å². The van der Waals surface area contributed by atoms with Gasteiger partial charge in [-0.1, -0.05) is 26.3 Å². The molecule has 0 aromatic rings. The molecule has 1 unspecified atom stereocenters. The molecule has 0 rings (SSSR count). The number of unbranched alkanes of at least 4 members (excludes halogenated alkanes) is 1. The van der Waals surface area contributed by atoms with Crippen molar-refractivity contribution in [1.82, 2.24) is 0 Å². The van der Waals surface area contributed by atoms with Crippen LogP contribution in [0.5, 0.6) is 0 Å². The number of rotatable bonds is 9. The Balaban J connectivity index is 3.63. The van der Waals surface area contributed by atoms with Gasteiger partial charge in [0.2, 0.25) is 0 Å². The topological polar surface area (TPSA) is 26.3 Å². The molecule has 17 heavy (non-hydrogen) atoms. The van der Waals surface area contributed by atoms with Crippen molar-refractivity contribution >= 4 is 45.2 Å². The second-order valence-corrected chi connectivity index (χ2v) is 13.1. The molecule has 1 atom stereocenters. The summed E-state index contributed by atoms with van der Waals surface area (Å²) in [6, 6.07) is -1.81. The van der Waals surface area contributed by atoms with Crippen LogP contribution >= 0.6 is 33.2 Å². The molecule has 0 saturated carbocycles. The first-order valence-electron chi connectivity index (χ1n) is 5.75. The first-order chi connectivity index (χ1) is 7.89. The lowest BCUT2D eigenvalue weighted by atomic mass is 10.0. The van der Waals surface area contributed by atoms with Gasteiger partial charge in [0.25, 0.3) is 0 Å². The van der Waals surface area contributed by atoms with Gasteiger partial charge in [-0.05, 0) is 24.8 Å². The number of hydrogen-bond acceptors (Lipinski definition) is 2. The van der Waals surface area contributed by atoms with Crippen LogP contribution in [-0.4, -0.2) is 18.6 Å². The van der Waals surface area contributed by atoms with E-state index in [4.69, 9.17) is 38.0 Å². The molecule has 0 fully saturated rings. The lowest BCUT2D eigenvalue weighted by Crippen LogP contribution is -2.15. The van der Waals surface area contributed by atoms with Crippen molar-refractivity contribution in [3.63, 3.8) is 0 Å². The minimum absolute atomic E-state index is 0.370. The average molecular weight is 318 g/mol. The normalized spacial score (nSPS) is 13.2. The Morgan fingerprint density at radius 2 is 2.06 bits per heavy atom. The third kappa shape index (κ3) is 11.1. The minimum atomic E-state index is -2.52. The molecule has 0 amide bonds. The number of esters is 1. The van der Waals surface area contributed by atoms with E-state index in [9.17, 15) is 4.79 Å². The second-order valence-electron chi connectivity index (χ2n) is 3.96. The van der Waals surface area contributed by atoms with Gasteiger partial charge in [-0.15, -0.1) is 33.2 Å². The molecule has 0 aliphatic carbocycles. The summed E-state index contributed by atoms with van der Waals surface area (Å²) in [7, 11) is 0. The van der Waals surface area contributed by atoms with Gasteiger partial charge in [0.1, 0.15) is 0 Å². The van der Waals surface area contributed by atoms with Gasteiger partial charge in [0.15, 0.2) is 0 Å². The molecule has 0 heterocycles. The highest BCUT2D eigenvalue weighted by atomic mass is 35.8. The van der Waals surface area contributed by atoms with Crippen molar-refractivity contribution in [2.75, 3.05) is 6.61 Å². The largest absolute Gasteiger partial charge is 0.463 e. The Labute approximate surface area is 118 Å². The maximum absolute atomic E-state index is 10.8. The van der Waals surface area contributed by atoms with Crippen LogP contribution in [-0.2, 0) is 9.53 Å². The fourth-order valence-corrected chi connectivity index (χ4v) is 4.66. The summed E-state index contributed by atoms with van der Waals surface area (Å²) in [6.45, 7) is 5.87. The Morgan fingerprint density at radius 1 is 1.41 bits per heavy atom. The van der Waals surface area contributed by atoms with Crippen molar-refractivity contribution in [2.24, 2.45) is 5.92 Å². The molecule has 0 N–H and O–H groups in total. The number of carbonyl (C=O) groups excluding carboxylic acids is 1. The summed E-state index contributed by atoms with van der Waals surface area (Å²) >= 11 is 17.7. The highest BCUT2D eigenvalue weighted by Gasteiger charge is 2.28. The van der Waals surface area contributed by atoms with E-state index in [0.717, 1.165) is 25.7 Å². The van der Waals surface area contributed by atoms with Crippen LogP contribution in [0.2, 0.25) is 6.04 Å². The Hall–Kier alpha value is 0.297. The minimum Gasteiger partial charge on any atom is -0.463 e. The van der Waals surface area contributed by atoms with Gasteiger partial charge in [0, 0.05) is 6.08 Å². The summed E-state index contributed by atoms with van der Waals surface area (Å²) in [5.74, 6) is 0.0926.